The smallest absolute Gasteiger partial charge is 0.193 e. The molecule has 0 saturated heterocycles. The normalized spacial score (nSPS) is 11.1. The van der Waals surface area contributed by atoms with Crippen LogP contribution in [-0.2, 0) is 20.0 Å². The molecule has 0 atom stereocenters. The molecule has 0 unspecified atom stereocenters. The topological polar surface area (TPSA) is 45.5 Å². The maximum atomic E-state index is 5.94. The van der Waals surface area contributed by atoms with Gasteiger partial charge >= 0.3 is 0 Å². The van der Waals surface area contributed by atoms with Crippen molar-refractivity contribution in [1.29, 1.82) is 0 Å². The number of aromatic nitrogens is 2. The molecule has 0 bridgehead atoms. The molecule has 25 heavy (non-hydrogen) atoms. The molecule has 0 fully saturated rings. The van der Waals surface area contributed by atoms with E-state index < -0.39 is 0 Å². The Hall–Kier alpha value is -1.28. The summed E-state index contributed by atoms with van der Waals surface area (Å²) in [4.78, 5) is 6.86. The van der Waals surface area contributed by atoms with Gasteiger partial charge in [0.05, 0.1) is 6.20 Å². The Balaban J connectivity index is 0.00000312. The van der Waals surface area contributed by atoms with Crippen molar-refractivity contribution in [3.8, 4) is 0 Å². The van der Waals surface area contributed by atoms with Crippen LogP contribution >= 0.6 is 35.6 Å². The molecule has 1 heterocycles. The Bertz CT molecular complexity index is 654. The molecule has 0 aliphatic heterocycles. The number of hydrogen-bond donors (Lipinski definition) is 1. The van der Waals surface area contributed by atoms with E-state index in [1.807, 2.05) is 42.2 Å². The van der Waals surface area contributed by atoms with Gasteiger partial charge in [0.25, 0.3) is 0 Å². The maximum Gasteiger partial charge on any atom is 0.193 e. The highest BCUT2D eigenvalue weighted by atomic mass is 127. The highest BCUT2D eigenvalue weighted by molar-refractivity contribution is 14.0. The number of nitrogens with one attached hydrogen (secondary N) is 1. The Morgan fingerprint density at radius 3 is 2.60 bits per heavy atom. The van der Waals surface area contributed by atoms with Gasteiger partial charge in [-0.2, -0.15) is 5.10 Å². The van der Waals surface area contributed by atoms with E-state index in [0.717, 1.165) is 43.5 Å². The number of benzene rings is 1. The van der Waals surface area contributed by atoms with E-state index in [-0.39, 0.29) is 24.0 Å². The number of nitrogens with zero attached hydrogens (tertiary/aromatic N) is 4. The molecule has 7 heteroatoms. The summed E-state index contributed by atoms with van der Waals surface area (Å²) in [5.74, 6) is 0.929. The van der Waals surface area contributed by atoms with Gasteiger partial charge in [-0.3, -0.25) is 9.67 Å². The summed E-state index contributed by atoms with van der Waals surface area (Å²) in [6.07, 6.45) is 5.98. The first-order valence-corrected chi connectivity index (χ1v) is 8.67. The second-order valence-corrected chi connectivity index (χ2v) is 6.28. The molecular weight excluding hydrogens is 449 g/mol. The number of aliphatic imine (C=N–C) groups is 1. The molecule has 0 radical (unpaired) electrons. The van der Waals surface area contributed by atoms with Crippen molar-refractivity contribution in [2.24, 2.45) is 12.0 Å². The van der Waals surface area contributed by atoms with Crippen LogP contribution in [-0.4, -0.2) is 40.8 Å². The monoisotopic (exact) mass is 475 g/mol. The van der Waals surface area contributed by atoms with Crippen LogP contribution in [0, 0.1) is 0 Å². The minimum Gasteiger partial charge on any atom is -0.357 e. The van der Waals surface area contributed by atoms with Crippen LogP contribution < -0.4 is 5.32 Å². The number of hydrogen-bond acceptors (Lipinski definition) is 2. The summed E-state index contributed by atoms with van der Waals surface area (Å²) in [6.45, 7) is 4.53. The van der Waals surface area contributed by atoms with Crippen LogP contribution in [0.3, 0.4) is 0 Å². The standard InChI is InChI=1S/C18H26ClN5.HI/c1-4-20-18(21-11-5-6-16-12-22-24(3)14-16)23(2)13-15-7-9-17(19)10-8-15;/h7-10,12,14H,4-6,11,13H2,1-3H3,(H,20,21);1H. The van der Waals surface area contributed by atoms with Gasteiger partial charge in [-0.15, -0.1) is 24.0 Å². The second-order valence-electron chi connectivity index (χ2n) is 5.84. The molecule has 2 rings (SSSR count). The fourth-order valence-corrected chi connectivity index (χ4v) is 2.60. The first-order chi connectivity index (χ1) is 11.6. The van der Waals surface area contributed by atoms with E-state index >= 15 is 0 Å². The van der Waals surface area contributed by atoms with Crippen LogP contribution in [0.5, 0.6) is 0 Å². The molecular formula is C18H27ClIN5. The summed E-state index contributed by atoms with van der Waals surface area (Å²) < 4.78 is 1.84. The van der Waals surface area contributed by atoms with Crippen molar-refractivity contribution < 1.29 is 0 Å². The quantitative estimate of drug-likeness (QED) is 0.287. The minimum absolute atomic E-state index is 0. The van der Waals surface area contributed by atoms with Crippen LogP contribution in [0.2, 0.25) is 5.02 Å². The predicted octanol–water partition coefficient (Wildman–Crippen LogP) is 3.72. The number of guanidine groups is 1. The zero-order valence-electron chi connectivity index (χ0n) is 15.1. The van der Waals surface area contributed by atoms with Crippen LogP contribution in [0.1, 0.15) is 24.5 Å². The van der Waals surface area contributed by atoms with E-state index in [1.165, 1.54) is 11.1 Å². The highest BCUT2D eigenvalue weighted by Gasteiger charge is 2.06. The number of halogens is 2. The largest absolute Gasteiger partial charge is 0.357 e. The third-order valence-electron chi connectivity index (χ3n) is 3.67. The van der Waals surface area contributed by atoms with E-state index in [1.54, 1.807) is 0 Å². The van der Waals surface area contributed by atoms with Crippen molar-refractivity contribution in [2.45, 2.75) is 26.3 Å². The van der Waals surface area contributed by atoms with Crippen LogP contribution in [0.25, 0.3) is 0 Å². The summed E-state index contributed by atoms with van der Waals surface area (Å²) in [7, 11) is 3.99. The summed E-state index contributed by atoms with van der Waals surface area (Å²) in [5.41, 5.74) is 2.47. The lowest BCUT2D eigenvalue weighted by atomic mass is 10.2. The van der Waals surface area contributed by atoms with E-state index in [0.29, 0.717) is 0 Å². The average Bonchev–Trinajstić information content (AvgIpc) is 2.98. The van der Waals surface area contributed by atoms with E-state index in [4.69, 9.17) is 16.6 Å². The van der Waals surface area contributed by atoms with Crippen molar-refractivity contribution in [3.05, 3.63) is 52.8 Å². The van der Waals surface area contributed by atoms with Crippen molar-refractivity contribution in [3.63, 3.8) is 0 Å². The molecule has 0 aliphatic carbocycles. The maximum absolute atomic E-state index is 5.94. The fourth-order valence-electron chi connectivity index (χ4n) is 2.48. The first-order valence-electron chi connectivity index (χ1n) is 8.30. The van der Waals surface area contributed by atoms with E-state index in [2.05, 4.69) is 35.5 Å². The molecule has 138 valence electrons. The molecule has 5 nitrogen and oxygen atoms in total. The van der Waals surface area contributed by atoms with Gasteiger partial charge in [0.1, 0.15) is 0 Å². The third kappa shape index (κ3) is 7.64. The van der Waals surface area contributed by atoms with Crippen LogP contribution in [0.15, 0.2) is 41.7 Å². The minimum atomic E-state index is 0. The molecule has 0 aliphatic rings. The molecule has 0 amide bonds. The van der Waals surface area contributed by atoms with Gasteiger partial charge in [-0.05, 0) is 43.0 Å². The summed E-state index contributed by atoms with van der Waals surface area (Å²) >= 11 is 5.94. The van der Waals surface area contributed by atoms with Gasteiger partial charge in [-0.25, -0.2) is 0 Å². The lowest BCUT2D eigenvalue weighted by molar-refractivity contribution is 0.476. The Labute approximate surface area is 172 Å². The van der Waals surface area contributed by atoms with Crippen LogP contribution in [0.4, 0.5) is 0 Å². The summed E-state index contributed by atoms with van der Waals surface area (Å²) in [5, 5.41) is 8.30. The second kappa shape index (κ2) is 11.4. The van der Waals surface area contributed by atoms with Crippen molar-refractivity contribution in [1.82, 2.24) is 20.0 Å². The average molecular weight is 476 g/mol. The highest BCUT2D eigenvalue weighted by Crippen LogP contribution is 2.11. The van der Waals surface area contributed by atoms with Gasteiger partial charge < -0.3 is 10.2 Å². The Kier molecular flexibility index (Phi) is 9.89. The Morgan fingerprint density at radius 1 is 1.28 bits per heavy atom. The summed E-state index contributed by atoms with van der Waals surface area (Å²) in [6, 6.07) is 7.93. The van der Waals surface area contributed by atoms with Crippen molar-refractivity contribution >= 4 is 41.5 Å². The molecule has 1 aromatic carbocycles. The molecule has 0 saturated carbocycles. The first kappa shape index (κ1) is 21.8. The van der Waals surface area contributed by atoms with Gasteiger partial charge in [-0.1, -0.05) is 23.7 Å². The van der Waals surface area contributed by atoms with Gasteiger partial charge in [0, 0.05) is 44.9 Å². The molecule has 2 aromatic rings. The lowest BCUT2D eigenvalue weighted by Gasteiger charge is -2.22. The predicted molar refractivity (Wildman–Crippen MR) is 116 cm³/mol. The third-order valence-corrected chi connectivity index (χ3v) is 3.92. The zero-order valence-corrected chi connectivity index (χ0v) is 18.2. The zero-order chi connectivity index (χ0) is 17.4. The lowest BCUT2D eigenvalue weighted by Crippen LogP contribution is -2.38. The SMILES string of the molecule is CCNC(=NCCCc1cnn(C)c1)N(C)Cc1ccc(Cl)cc1.I. The van der Waals surface area contributed by atoms with Gasteiger partial charge in [0.2, 0.25) is 0 Å². The molecule has 0 spiro atoms. The molecule has 1 N–H and O–H groups in total. The Morgan fingerprint density at radius 2 is 2.00 bits per heavy atom. The van der Waals surface area contributed by atoms with Gasteiger partial charge in [0.15, 0.2) is 5.96 Å². The number of aryl methyl sites for hydroxylation is 2. The fraction of sp³-hybridized carbons (Fsp3) is 0.444. The van der Waals surface area contributed by atoms with Crippen molar-refractivity contribution in [2.75, 3.05) is 20.1 Å². The number of rotatable bonds is 7. The van der Waals surface area contributed by atoms with E-state index in [9.17, 15) is 0 Å². The molecule has 1 aromatic heterocycles.